The number of benzene rings is 3. The normalized spacial score (nSPS) is 14.2. The fourth-order valence-electron chi connectivity index (χ4n) is 2.93. The van der Waals surface area contributed by atoms with E-state index in [4.69, 9.17) is 16.3 Å². The van der Waals surface area contributed by atoms with E-state index in [-0.39, 0.29) is 5.91 Å². The SMILES string of the molecule is O=C1Nc2cc(Cl)ccc2C1=Cc1ccccc1OCc1ccccc1. The average Bonchev–Trinajstić information content (AvgIpc) is 2.96. The van der Waals surface area contributed by atoms with Gasteiger partial charge < -0.3 is 10.1 Å². The van der Waals surface area contributed by atoms with Crippen LogP contribution in [0.25, 0.3) is 11.6 Å². The van der Waals surface area contributed by atoms with Crippen LogP contribution in [0.15, 0.2) is 72.8 Å². The zero-order valence-corrected chi connectivity index (χ0v) is 14.7. The lowest BCUT2D eigenvalue weighted by atomic mass is 10.0. The predicted molar refractivity (Wildman–Crippen MR) is 105 cm³/mol. The van der Waals surface area contributed by atoms with E-state index in [0.29, 0.717) is 17.2 Å². The fraction of sp³-hybridized carbons (Fsp3) is 0.0455. The minimum absolute atomic E-state index is 0.139. The number of hydrogen-bond acceptors (Lipinski definition) is 2. The van der Waals surface area contributed by atoms with E-state index in [1.807, 2.05) is 66.7 Å². The molecule has 0 spiro atoms. The van der Waals surface area contributed by atoms with Crippen LogP contribution in [0.3, 0.4) is 0 Å². The highest BCUT2D eigenvalue weighted by atomic mass is 35.5. The average molecular weight is 362 g/mol. The van der Waals surface area contributed by atoms with Gasteiger partial charge in [0.1, 0.15) is 12.4 Å². The molecule has 3 nitrogen and oxygen atoms in total. The molecule has 1 N–H and O–H groups in total. The highest BCUT2D eigenvalue weighted by molar-refractivity contribution is 6.36. The summed E-state index contributed by atoms with van der Waals surface area (Å²) in [6, 6.07) is 23.1. The van der Waals surface area contributed by atoms with Crippen LogP contribution in [0.1, 0.15) is 16.7 Å². The maximum atomic E-state index is 12.4. The van der Waals surface area contributed by atoms with Crippen molar-refractivity contribution in [2.75, 3.05) is 5.32 Å². The standard InChI is InChI=1S/C22H16ClNO2/c23-17-10-11-18-19(22(25)24-20(18)13-17)12-16-8-4-5-9-21(16)26-14-15-6-2-1-3-7-15/h1-13H,14H2,(H,24,25). The number of amides is 1. The number of nitrogens with one attached hydrogen (secondary N) is 1. The van der Waals surface area contributed by atoms with Crippen LogP contribution in [-0.4, -0.2) is 5.91 Å². The highest BCUT2D eigenvalue weighted by Gasteiger charge is 2.24. The molecule has 0 aromatic heterocycles. The van der Waals surface area contributed by atoms with Crippen LogP contribution < -0.4 is 10.1 Å². The number of halogens is 1. The summed E-state index contributed by atoms with van der Waals surface area (Å²) in [6.45, 7) is 0.472. The van der Waals surface area contributed by atoms with Crippen molar-refractivity contribution in [2.24, 2.45) is 0 Å². The number of anilines is 1. The number of carbonyl (C=O) groups excluding carboxylic acids is 1. The van der Waals surface area contributed by atoms with Gasteiger partial charge in [-0.25, -0.2) is 0 Å². The Kier molecular flexibility index (Phi) is 4.46. The summed E-state index contributed by atoms with van der Waals surface area (Å²) in [5, 5.41) is 3.45. The zero-order chi connectivity index (χ0) is 17.9. The van der Waals surface area contributed by atoms with Crippen LogP contribution in [-0.2, 0) is 11.4 Å². The van der Waals surface area contributed by atoms with Crippen LogP contribution >= 0.6 is 11.6 Å². The summed E-state index contributed by atoms with van der Waals surface area (Å²) in [4.78, 5) is 12.4. The van der Waals surface area contributed by atoms with Crippen molar-refractivity contribution in [1.82, 2.24) is 0 Å². The summed E-state index contributed by atoms with van der Waals surface area (Å²) in [7, 11) is 0. The lowest BCUT2D eigenvalue weighted by Gasteiger charge is -2.10. The number of hydrogen-bond donors (Lipinski definition) is 1. The zero-order valence-electron chi connectivity index (χ0n) is 13.9. The van der Waals surface area contributed by atoms with Crippen LogP contribution in [0.4, 0.5) is 5.69 Å². The highest BCUT2D eigenvalue weighted by Crippen LogP contribution is 2.36. The van der Waals surface area contributed by atoms with Gasteiger partial charge in [-0.2, -0.15) is 0 Å². The summed E-state index contributed by atoms with van der Waals surface area (Å²) in [5.74, 6) is 0.596. The molecule has 4 rings (SSSR count). The Labute approximate surface area is 156 Å². The molecule has 0 aliphatic carbocycles. The molecule has 0 saturated carbocycles. The largest absolute Gasteiger partial charge is 0.488 e. The van der Waals surface area contributed by atoms with E-state index < -0.39 is 0 Å². The molecule has 0 fully saturated rings. The Balaban J connectivity index is 1.65. The summed E-state index contributed by atoms with van der Waals surface area (Å²) in [5.41, 5.74) is 4.13. The molecule has 1 amide bonds. The van der Waals surface area contributed by atoms with Gasteiger partial charge in [0.25, 0.3) is 5.91 Å². The number of fused-ring (bicyclic) bond motifs is 1. The van der Waals surface area contributed by atoms with Crippen molar-refractivity contribution in [3.05, 3.63) is 94.5 Å². The number of ether oxygens (including phenoxy) is 1. The van der Waals surface area contributed by atoms with Gasteiger partial charge in [-0.15, -0.1) is 0 Å². The van der Waals surface area contributed by atoms with Gasteiger partial charge in [-0.05, 0) is 29.8 Å². The Morgan fingerprint density at radius 1 is 0.962 bits per heavy atom. The third-order valence-corrected chi connectivity index (χ3v) is 4.46. The molecule has 3 aromatic rings. The second-order valence-corrected chi connectivity index (χ2v) is 6.45. The molecule has 1 aliphatic rings. The van der Waals surface area contributed by atoms with Gasteiger partial charge in [-0.3, -0.25) is 4.79 Å². The first kappa shape index (κ1) is 16.4. The molecule has 26 heavy (non-hydrogen) atoms. The predicted octanol–water partition coefficient (Wildman–Crippen LogP) is 5.41. The summed E-state index contributed by atoms with van der Waals surface area (Å²) >= 11 is 6.01. The summed E-state index contributed by atoms with van der Waals surface area (Å²) < 4.78 is 5.98. The number of carbonyl (C=O) groups is 1. The quantitative estimate of drug-likeness (QED) is 0.631. The van der Waals surface area contributed by atoms with Crippen molar-refractivity contribution >= 4 is 34.8 Å². The first-order chi connectivity index (χ1) is 12.7. The fourth-order valence-corrected chi connectivity index (χ4v) is 3.10. The Morgan fingerprint density at radius 3 is 2.58 bits per heavy atom. The molecule has 0 saturated heterocycles. The third kappa shape index (κ3) is 3.35. The molecule has 128 valence electrons. The number of rotatable bonds is 4. The van der Waals surface area contributed by atoms with E-state index in [0.717, 1.165) is 28.1 Å². The maximum Gasteiger partial charge on any atom is 0.256 e. The van der Waals surface area contributed by atoms with E-state index >= 15 is 0 Å². The van der Waals surface area contributed by atoms with Gasteiger partial charge in [0.2, 0.25) is 0 Å². The minimum Gasteiger partial charge on any atom is -0.488 e. The Hall–Kier alpha value is -3.04. The van der Waals surface area contributed by atoms with Crippen molar-refractivity contribution < 1.29 is 9.53 Å². The molecular weight excluding hydrogens is 346 g/mol. The van der Waals surface area contributed by atoms with Gasteiger partial charge in [0.05, 0.1) is 5.69 Å². The lowest BCUT2D eigenvalue weighted by molar-refractivity contribution is -0.110. The Bertz CT molecular complexity index is 996. The van der Waals surface area contributed by atoms with Crippen LogP contribution in [0.2, 0.25) is 5.02 Å². The Morgan fingerprint density at radius 2 is 1.73 bits per heavy atom. The smallest absolute Gasteiger partial charge is 0.256 e. The second kappa shape index (κ2) is 7.06. The molecule has 0 radical (unpaired) electrons. The molecule has 0 bridgehead atoms. The molecule has 1 aliphatic heterocycles. The third-order valence-electron chi connectivity index (χ3n) is 4.22. The maximum absolute atomic E-state index is 12.4. The van der Waals surface area contributed by atoms with E-state index in [2.05, 4.69) is 5.32 Å². The van der Waals surface area contributed by atoms with Crippen molar-refractivity contribution in [3.63, 3.8) is 0 Å². The molecule has 1 heterocycles. The topological polar surface area (TPSA) is 38.3 Å². The second-order valence-electron chi connectivity index (χ2n) is 6.01. The molecular formula is C22H16ClNO2. The van der Waals surface area contributed by atoms with E-state index in [9.17, 15) is 4.79 Å². The molecule has 0 unspecified atom stereocenters. The molecule has 4 heteroatoms. The van der Waals surface area contributed by atoms with Gasteiger partial charge in [-0.1, -0.05) is 66.2 Å². The number of para-hydroxylation sites is 1. The van der Waals surface area contributed by atoms with Gasteiger partial charge in [0, 0.05) is 21.7 Å². The summed E-state index contributed by atoms with van der Waals surface area (Å²) in [6.07, 6.45) is 1.86. The van der Waals surface area contributed by atoms with Crippen LogP contribution in [0.5, 0.6) is 5.75 Å². The van der Waals surface area contributed by atoms with E-state index in [1.54, 1.807) is 12.1 Å². The first-order valence-corrected chi connectivity index (χ1v) is 8.67. The first-order valence-electron chi connectivity index (χ1n) is 8.29. The van der Waals surface area contributed by atoms with Gasteiger partial charge >= 0.3 is 0 Å². The van der Waals surface area contributed by atoms with Crippen molar-refractivity contribution in [2.45, 2.75) is 6.61 Å². The van der Waals surface area contributed by atoms with Crippen molar-refractivity contribution in [1.29, 1.82) is 0 Å². The van der Waals surface area contributed by atoms with Gasteiger partial charge in [0.15, 0.2) is 0 Å². The monoisotopic (exact) mass is 361 g/mol. The molecule has 0 atom stereocenters. The lowest BCUT2D eigenvalue weighted by Crippen LogP contribution is -2.04. The molecule has 3 aromatic carbocycles. The van der Waals surface area contributed by atoms with Crippen LogP contribution in [0, 0.1) is 0 Å². The van der Waals surface area contributed by atoms with Crippen molar-refractivity contribution in [3.8, 4) is 5.75 Å². The minimum atomic E-state index is -0.139. The van der Waals surface area contributed by atoms with E-state index in [1.165, 1.54) is 0 Å².